The lowest BCUT2D eigenvalue weighted by atomic mass is 10.0. The lowest BCUT2D eigenvalue weighted by Crippen LogP contribution is -2.18. The minimum absolute atomic E-state index is 0.336. The van der Waals surface area contributed by atoms with Crippen LogP contribution in [0.5, 0.6) is 0 Å². The molecular weight excluding hydrogens is 156 g/mol. The van der Waals surface area contributed by atoms with Gasteiger partial charge < -0.3 is 10.1 Å². The van der Waals surface area contributed by atoms with E-state index >= 15 is 0 Å². The zero-order valence-corrected chi connectivity index (χ0v) is 6.57. The highest BCUT2D eigenvalue weighted by Gasteiger charge is 2.20. The van der Waals surface area contributed by atoms with Crippen molar-refractivity contribution in [1.82, 2.24) is 5.32 Å². The zero-order valence-electron chi connectivity index (χ0n) is 6.57. The molecule has 1 unspecified atom stereocenters. The van der Waals surface area contributed by atoms with E-state index < -0.39 is 11.9 Å². The number of esters is 1. The number of rotatable bonds is 1. The van der Waals surface area contributed by atoms with Crippen LogP contribution in [0.25, 0.3) is 0 Å². The van der Waals surface area contributed by atoms with E-state index in [1.165, 1.54) is 13.3 Å². The molecule has 0 bridgehead atoms. The molecule has 0 aromatic carbocycles. The lowest BCUT2D eigenvalue weighted by molar-refractivity contribution is -0.136. The van der Waals surface area contributed by atoms with Gasteiger partial charge in [-0.1, -0.05) is 0 Å². The first-order valence-corrected chi connectivity index (χ1v) is 3.40. The molecule has 62 valence electrons. The molecule has 4 heteroatoms. The molecule has 0 saturated heterocycles. The molecule has 0 aliphatic carbocycles. The second-order valence-corrected chi connectivity index (χ2v) is 2.22. The predicted octanol–water partition coefficient (Wildman–Crippen LogP) is 0.300. The third-order valence-corrected chi connectivity index (χ3v) is 1.52. The van der Waals surface area contributed by atoms with Crippen molar-refractivity contribution in [3.63, 3.8) is 0 Å². The van der Waals surface area contributed by atoms with Crippen molar-refractivity contribution < 1.29 is 9.53 Å². The van der Waals surface area contributed by atoms with Crippen molar-refractivity contribution in [3.8, 4) is 6.07 Å². The second kappa shape index (κ2) is 3.58. The lowest BCUT2D eigenvalue weighted by Gasteiger charge is -2.11. The third-order valence-electron chi connectivity index (χ3n) is 1.52. The highest BCUT2D eigenvalue weighted by molar-refractivity contribution is 5.90. The van der Waals surface area contributed by atoms with Gasteiger partial charge >= 0.3 is 5.97 Å². The minimum Gasteiger partial charge on any atom is -0.466 e. The summed E-state index contributed by atoms with van der Waals surface area (Å²) in [7, 11) is 1.29. The number of nitrogens with one attached hydrogen (secondary N) is 1. The first kappa shape index (κ1) is 8.34. The number of methoxy groups -OCH3 is 1. The van der Waals surface area contributed by atoms with Gasteiger partial charge in [0.25, 0.3) is 0 Å². The van der Waals surface area contributed by atoms with Gasteiger partial charge in [0.15, 0.2) is 0 Å². The highest BCUT2D eigenvalue weighted by Crippen LogP contribution is 2.15. The van der Waals surface area contributed by atoms with E-state index in [4.69, 9.17) is 5.26 Å². The number of hydrogen-bond acceptors (Lipinski definition) is 4. The van der Waals surface area contributed by atoms with Crippen LogP contribution in [-0.4, -0.2) is 13.1 Å². The standard InChI is InChI=1S/C8H8N2O2/c1-12-8(11)7-5-10-3-2-6(7)4-9/h2-3,5-6,10H,1H3. The Bertz CT molecular complexity index is 286. The van der Waals surface area contributed by atoms with E-state index in [0.29, 0.717) is 5.57 Å². The van der Waals surface area contributed by atoms with Crippen molar-refractivity contribution >= 4 is 5.97 Å². The van der Waals surface area contributed by atoms with Gasteiger partial charge in [-0.2, -0.15) is 5.26 Å². The molecule has 0 aromatic heterocycles. The smallest absolute Gasteiger partial charge is 0.336 e. The summed E-state index contributed by atoms with van der Waals surface area (Å²) in [4.78, 5) is 11.0. The Morgan fingerprint density at radius 2 is 2.58 bits per heavy atom. The maximum absolute atomic E-state index is 11.0. The average molecular weight is 164 g/mol. The van der Waals surface area contributed by atoms with Crippen LogP contribution in [0, 0.1) is 17.2 Å². The van der Waals surface area contributed by atoms with E-state index in [1.54, 1.807) is 12.3 Å². The Hall–Kier alpha value is -1.76. The van der Waals surface area contributed by atoms with Crippen molar-refractivity contribution in [3.05, 3.63) is 24.0 Å². The summed E-state index contributed by atoms with van der Waals surface area (Å²) in [5, 5.41) is 11.3. The normalized spacial score (nSPS) is 20.3. The van der Waals surface area contributed by atoms with Crippen molar-refractivity contribution in [2.75, 3.05) is 7.11 Å². The summed E-state index contributed by atoms with van der Waals surface area (Å²) in [6.07, 6.45) is 4.69. The topological polar surface area (TPSA) is 62.1 Å². The summed E-state index contributed by atoms with van der Waals surface area (Å²) in [5.74, 6) is -0.975. The summed E-state index contributed by atoms with van der Waals surface area (Å²) in [6, 6.07) is 1.97. The van der Waals surface area contributed by atoms with E-state index in [9.17, 15) is 4.79 Å². The summed E-state index contributed by atoms with van der Waals surface area (Å²) in [5.41, 5.74) is 0.336. The molecule has 1 aliphatic heterocycles. The molecule has 0 amide bonds. The maximum atomic E-state index is 11.0. The van der Waals surface area contributed by atoms with Crippen molar-refractivity contribution in [2.45, 2.75) is 0 Å². The molecule has 0 saturated carbocycles. The number of carbonyl (C=O) groups is 1. The van der Waals surface area contributed by atoms with E-state index in [0.717, 1.165) is 0 Å². The van der Waals surface area contributed by atoms with Gasteiger partial charge in [-0.25, -0.2) is 4.79 Å². The van der Waals surface area contributed by atoms with Crippen molar-refractivity contribution in [2.24, 2.45) is 5.92 Å². The molecular formula is C8H8N2O2. The number of carbonyl (C=O) groups excluding carboxylic acids is 1. The molecule has 1 aliphatic rings. The van der Waals surface area contributed by atoms with Crippen LogP contribution in [0.4, 0.5) is 0 Å². The zero-order chi connectivity index (χ0) is 8.97. The minimum atomic E-state index is -0.501. The van der Waals surface area contributed by atoms with Crippen LogP contribution in [0.2, 0.25) is 0 Å². The number of allylic oxidation sites excluding steroid dienone is 1. The van der Waals surface area contributed by atoms with Gasteiger partial charge in [-0.05, 0) is 12.3 Å². The Morgan fingerprint density at radius 1 is 1.83 bits per heavy atom. The number of nitriles is 1. The second-order valence-electron chi connectivity index (χ2n) is 2.22. The molecule has 0 spiro atoms. The number of dihydropyridines is 1. The number of nitrogens with zero attached hydrogens (tertiary/aromatic N) is 1. The quantitative estimate of drug-likeness (QED) is 0.566. The average Bonchev–Trinajstić information content (AvgIpc) is 2.16. The van der Waals surface area contributed by atoms with E-state index in [1.807, 2.05) is 6.07 Å². The van der Waals surface area contributed by atoms with Crippen LogP contribution >= 0.6 is 0 Å². The molecule has 4 nitrogen and oxygen atoms in total. The van der Waals surface area contributed by atoms with Crippen LogP contribution < -0.4 is 5.32 Å². The molecule has 0 aromatic rings. The Kier molecular flexibility index (Phi) is 2.49. The highest BCUT2D eigenvalue weighted by atomic mass is 16.5. The SMILES string of the molecule is COC(=O)C1=CNC=CC1C#N. The van der Waals surface area contributed by atoms with Gasteiger partial charge in [0, 0.05) is 6.20 Å². The molecule has 1 atom stereocenters. The number of ether oxygens (including phenoxy) is 1. The van der Waals surface area contributed by atoms with Gasteiger partial charge in [0.05, 0.1) is 24.7 Å². The van der Waals surface area contributed by atoms with Crippen LogP contribution in [0.1, 0.15) is 0 Å². The largest absolute Gasteiger partial charge is 0.466 e. The Balaban J connectivity index is 2.82. The molecule has 1 heterocycles. The summed E-state index contributed by atoms with van der Waals surface area (Å²) >= 11 is 0. The van der Waals surface area contributed by atoms with Gasteiger partial charge in [-0.15, -0.1) is 0 Å². The van der Waals surface area contributed by atoms with Gasteiger partial charge in [0.2, 0.25) is 0 Å². The Labute approximate surface area is 70.1 Å². The van der Waals surface area contributed by atoms with Crippen LogP contribution in [0.15, 0.2) is 24.0 Å². The van der Waals surface area contributed by atoms with Crippen molar-refractivity contribution in [1.29, 1.82) is 5.26 Å². The van der Waals surface area contributed by atoms with E-state index in [2.05, 4.69) is 10.1 Å². The molecule has 12 heavy (non-hydrogen) atoms. The summed E-state index contributed by atoms with van der Waals surface area (Å²) in [6.45, 7) is 0. The predicted molar refractivity (Wildman–Crippen MR) is 41.5 cm³/mol. The molecule has 1 rings (SSSR count). The van der Waals surface area contributed by atoms with Gasteiger partial charge in [-0.3, -0.25) is 0 Å². The number of hydrogen-bond donors (Lipinski definition) is 1. The fourth-order valence-electron chi connectivity index (χ4n) is 0.899. The van der Waals surface area contributed by atoms with Crippen LogP contribution in [0.3, 0.4) is 0 Å². The molecule has 1 N–H and O–H groups in total. The fraction of sp³-hybridized carbons (Fsp3) is 0.250. The maximum Gasteiger partial charge on any atom is 0.336 e. The fourth-order valence-corrected chi connectivity index (χ4v) is 0.899. The van der Waals surface area contributed by atoms with Gasteiger partial charge in [0.1, 0.15) is 0 Å². The molecule has 0 radical (unpaired) electrons. The first-order chi connectivity index (χ1) is 5.79. The third kappa shape index (κ3) is 1.45. The monoisotopic (exact) mass is 164 g/mol. The Morgan fingerprint density at radius 3 is 3.17 bits per heavy atom. The first-order valence-electron chi connectivity index (χ1n) is 3.40. The summed E-state index contributed by atoms with van der Waals surface area (Å²) < 4.78 is 4.49. The molecule has 0 fully saturated rings. The van der Waals surface area contributed by atoms with Crippen LogP contribution in [-0.2, 0) is 9.53 Å². The van der Waals surface area contributed by atoms with E-state index in [-0.39, 0.29) is 0 Å².